The van der Waals surface area contributed by atoms with Gasteiger partial charge >= 0.3 is 0 Å². The lowest BCUT2D eigenvalue weighted by molar-refractivity contribution is 0.0952. The van der Waals surface area contributed by atoms with Crippen LogP contribution in [-0.4, -0.2) is 41.3 Å². The number of nitrogens with zero attached hydrogens (tertiary/aromatic N) is 3. The number of para-hydroxylation sites is 1. The molecule has 0 aliphatic heterocycles. The Balaban J connectivity index is 1.40. The van der Waals surface area contributed by atoms with Crippen LogP contribution >= 0.6 is 0 Å². The summed E-state index contributed by atoms with van der Waals surface area (Å²) in [6.45, 7) is 0.489. The van der Waals surface area contributed by atoms with Crippen LogP contribution in [0.2, 0.25) is 0 Å². The molecule has 2 aromatic heterocycles. The van der Waals surface area contributed by atoms with E-state index in [1.165, 1.54) is 10.9 Å². The second-order valence-corrected chi connectivity index (χ2v) is 8.54. The van der Waals surface area contributed by atoms with Crippen molar-refractivity contribution in [3.8, 4) is 5.69 Å². The number of rotatable bonds is 7. The summed E-state index contributed by atoms with van der Waals surface area (Å²) < 4.78 is 1.77. The molecule has 2 heterocycles. The average Bonchev–Trinajstić information content (AvgIpc) is 3.55. The molecule has 0 aliphatic carbocycles. The maximum Gasteiger partial charge on any atom is 0.251 e. The minimum atomic E-state index is -0.0956. The molecule has 0 fully saturated rings. The van der Waals surface area contributed by atoms with Crippen molar-refractivity contribution in [2.24, 2.45) is 0 Å². The number of hydrogen-bond donors (Lipinski definition) is 2. The van der Waals surface area contributed by atoms with Crippen LogP contribution < -0.4 is 10.2 Å². The fraction of sp³-hybridized carbons (Fsp3) is 0.143. The zero-order chi connectivity index (χ0) is 23.5. The van der Waals surface area contributed by atoms with Crippen molar-refractivity contribution in [1.29, 1.82) is 0 Å². The summed E-state index contributed by atoms with van der Waals surface area (Å²) in [4.78, 5) is 18.5. The highest BCUT2D eigenvalue weighted by Crippen LogP contribution is 2.31. The first-order valence-electron chi connectivity index (χ1n) is 11.3. The van der Waals surface area contributed by atoms with Crippen LogP contribution in [0.15, 0.2) is 97.5 Å². The summed E-state index contributed by atoms with van der Waals surface area (Å²) in [7, 11) is 4.06. The SMILES string of the molecule is CN(C)c1ccc(C(CNC(=O)c2ccc(-n3cccn3)cc2)c2c[nH]c3ccccc23)cc1. The smallest absolute Gasteiger partial charge is 0.251 e. The van der Waals surface area contributed by atoms with Gasteiger partial charge in [0.25, 0.3) is 5.91 Å². The van der Waals surface area contributed by atoms with Gasteiger partial charge < -0.3 is 15.2 Å². The first-order chi connectivity index (χ1) is 16.6. The van der Waals surface area contributed by atoms with Gasteiger partial charge in [-0.15, -0.1) is 0 Å². The van der Waals surface area contributed by atoms with Crippen molar-refractivity contribution in [3.63, 3.8) is 0 Å². The van der Waals surface area contributed by atoms with Gasteiger partial charge in [0.1, 0.15) is 0 Å². The van der Waals surface area contributed by atoms with Gasteiger partial charge in [-0.05, 0) is 59.7 Å². The number of aromatic nitrogens is 3. The molecule has 0 spiro atoms. The normalized spacial score (nSPS) is 11.9. The van der Waals surface area contributed by atoms with Gasteiger partial charge in [-0.25, -0.2) is 4.68 Å². The van der Waals surface area contributed by atoms with Crippen LogP contribution in [0.5, 0.6) is 0 Å². The zero-order valence-electron chi connectivity index (χ0n) is 19.3. The third-order valence-electron chi connectivity index (χ3n) is 6.17. The number of carbonyl (C=O) groups excluding carboxylic acids is 1. The van der Waals surface area contributed by atoms with Crippen LogP contribution in [0.25, 0.3) is 16.6 Å². The predicted octanol–water partition coefficient (Wildman–Crippen LogP) is 4.98. The van der Waals surface area contributed by atoms with Gasteiger partial charge in [-0.2, -0.15) is 5.10 Å². The van der Waals surface area contributed by atoms with Gasteiger partial charge in [0, 0.05) is 67.3 Å². The van der Waals surface area contributed by atoms with Crippen LogP contribution in [0, 0.1) is 0 Å². The molecule has 6 heteroatoms. The fourth-order valence-electron chi connectivity index (χ4n) is 4.28. The van der Waals surface area contributed by atoms with Gasteiger partial charge in [-0.1, -0.05) is 30.3 Å². The zero-order valence-corrected chi connectivity index (χ0v) is 19.3. The molecule has 3 aromatic carbocycles. The summed E-state index contributed by atoms with van der Waals surface area (Å²) >= 11 is 0. The maximum absolute atomic E-state index is 13.0. The van der Waals surface area contributed by atoms with E-state index >= 15 is 0 Å². The highest BCUT2D eigenvalue weighted by Gasteiger charge is 2.20. The number of fused-ring (bicyclic) bond motifs is 1. The lowest BCUT2D eigenvalue weighted by atomic mass is 9.90. The van der Waals surface area contributed by atoms with E-state index in [9.17, 15) is 4.79 Å². The Hall–Kier alpha value is -4.32. The predicted molar refractivity (Wildman–Crippen MR) is 137 cm³/mol. The highest BCUT2D eigenvalue weighted by molar-refractivity contribution is 5.94. The molecule has 1 atom stereocenters. The number of anilines is 1. The summed E-state index contributed by atoms with van der Waals surface area (Å²) in [5.41, 5.74) is 6.10. The fourth-order valence-corrected chi connectivity index (χ4v) is 4.28. The van der Waals surface area contributed by atoms with Gasteiger partial charge in [0.15, 0.2) is 0 Å². The molecule has 0 saturated heterocycles. The van der Waals surface area contributed by atoms with Crippen LogP contribution in [-0.2, 0) is 0 Å². The summed E-state index contributed by atoms with van der Waals surface area (Å²) in [6, 6.07) is 26.1. The van der Waals surface area contributed by atoms with E-state index in [1.54, 1.807) is 10.9 Å². The standard InChI is InChI=1S/C28H27N5O/c1-32(2)22-12-8-20(9-13-22)25(26-19-29-27-7-4-3-6-24(26)27)18-30-28(34)21-10-14-23(15-11-21)33-17-5-16-31-33/h3-17,19,25,29H,18H2,1-2H3,(H,30,34). The van der Waals surface area contributed by atoms with E-state index in [2.05, 4.69) is 62.9 Å². The highest BCUT2D eigenvalue weighted by atomic mass is 16.1. The monoisotopic (exact) mass is 449 g/mol. The Morgan fingerprint density at radius 2 is 1.76 bits per heavy atom. The molecule has 0 bridgehead atoms. The average molecular weight is 450 g/mol. The number of carbonyl (C=O) groups is 1. The summed E-state index contributed by atoms with van der Waals surface area (Å²) in [5, 5.41) is 8.56. The minimum Gasteiger partial charge on any atom is -0.378 e. The number of nitrogens with one attached hydrogen (secondary N) is 2. The van der Waals surface area contributed by atoms with Crippen LogP contribution in [0.3, 0.4) is 0 Å². The molecular weight excluding hydrogens is 422 g/mol. The number of H-pyrrole nitrogens is 1. The Morgan fingerprint density at radius 1 is 1.00 bits per heavy atom. The molecule has 1 unspecified atom stereocenters. The second-order valence-electron chi connectivity index (χ2n) is 8.54. The largest absolute Gasteiger partial charge is 0.378 e. The van der Waals surface area contributed by atoms with E-state index in [0.717, 1.165) is 22.5 Å². The van der Waals surface area contributed by atoms with Crippen molar-refractivity contribution in [1.82, 2.24) is 20.1 Å². The van der Waals surface area contributed by atoms with Crippen molar-refractivity contribution < 1.29 is 4.79 Å². The van der Waals surface area contributed by atoms with Crippen LogP contribution in [0.4, 0.5) is 5.69 Å². The molecule has 0 saturated carbocycles. The summed E-state index contributed by atoms with van der Waals surface area (Å²) in [5.74, 6) is -0.0820. The number of amides is 1. The Bertz CT molecular complexity index is 1380. The quantitative estimate of drug-likeness (QED) is 0.368. The van der Waals surface area contributed by atoms with Gasteiger partial charge in [-0.3, -0.25) is 4.79 Å². The van der Waals surface area contributed by atoms with Gasteiger partial charge in [0.05, 0.1) is 5.69 Å². The number of benzene rings is 3. The van der Waals surface area contributed by atoms with Crippen molar-refractivity contribution in [2.75, 3.05) is 25.5 Å². The molecule has 0 aliphatic rings. The van der Waals surface area contributed by atoms with E-state index < -0.39 is 0 Å². The molecule has 170 valence electrons. The van der Waals surface area contributed by atoms with Crippen molar-refractivity contribution in [2.45, 2.75) is 5.92 Å². The third-order valence-corrected chi connectivity index (χ3v) is 6.17. The lowest BCUT2D eigenvalue weighted by Crippen LogP contribution is -2.29. The van der Waals surface area contributed by atoms with Gasteiger partial charge in [0.2, 0.25) is 0 Å². The Labute approximate surface area is 198 Å². The molecule has 6 nitrogen and oxygen atoms in total. The molecule has 2 N–H and O–H groups in total. The topological polar surface area (TPSA) is 66.0 Å². The molecular formula is C28H27N5O. The first kappa shape index (κ1) is 21.5. The first-order valence-corrected chi connectivity index (χ1v) is 11.3. The summed E-state index contributed by atoms with van der Waals surface area (Å²) in [6.07, 6.45) is 5.67. The number of aromatic amines is 1. The van der Waals surface area contributed by atoms with Crippen molar-refractivity contribution >= 4 is 22.5 Å². The Kier molecular flexibility index (Phi) is 5.87. The maximum atomic E-state index is 13.0. The van der Waals surface area contributed by atoms with E-state index in [4.69, 9.17) is 0 Å². The van der Waals surface area contributed by atoms with E-state index in [1.807, 2.05) is 62.8 Å². The Morgan fingerprint density at radius 3 is 2.47 bits per heavy atom. The molecule has 34 heavy (non-hydrogen) atoms. The van der Waals surface area contributed by atoms with E-state index in [-0.39, 0.29) is 11.8 Å². The molecule has 5 aromatic rings. The van der Waals surface area contributed by atoms with Crippen molar-refractivity contribution in [3.05, 3.63) is 114 Å². The molecule has 5 rings (SSSR count). The molecule has 1 amide bonds. The van der Waals surface area contributed by atoms with Crippen LogP contribution in [0.1, 0.15) is 27.4 Å². The number of hydrogen-bond acceptors (Lipinski definition) is 3. The minimum absolute atomic E-state index is 0.0136. The van der Waals surface area contributed by atoms with E-state index in [0.29, 0.717) is 12.1 Å². The third kappa shape index (κ3) is 4.30. The lowest BCUT2D eigenvalue weighted by Gasteiger charge is -2.20. The molecule has 0 radical (unpaired) electrons. The second kappa shape index (κ2) is 9.27.